The predicted molar refractivity (Wildman–Crippen MR) is 72.9 cm³/mol. The summed E-state index contributed by atoms with van der Waals surface area (Å²) in [5, 5.41) is 11.1. The van der Waals surface area contributed by atoms with Crippen LogP contribution in [0.5, 0.6) is 0 Å². The second-order valence-electron chi connectivity index (χ2n) is 3.80. The molecule has 0 fully saturated rings. The third-order valence-electron chi connectivity index (χ3n) is 2.46. The summed E-state index contributed by atoms with van der Waals surface area (Å²) >= 11 is 0. The molecule has 0 aliphatic rings. The van der Waals surface area contributed by atoms with Crippen molar-refractivity contribution in [2.24, 2.45) is 0 Å². The Hall–Kier alpha value is -1.57. The fourth-order valence-corrected chi connectivity index (χ4v) is 1.15. The van der Waals surface area contributed by atoms with Crippen LogP contribution in [0.3, 0.4) is 0 Å². The average Bonchev–Trinajstić information content (AvgIpc) is 2.27. The van der Waals surface area contributed by atoms with Gasteiger partial charge in [-0.2, -0.15) is 0 Å². The summed E-state index contributed by atoms with van der Waals surface area (Å²) in [6, 6.07) is 0. The third kappa shape index (κ3) is 4.30. The van der Waals surface area contributed by atoms with Crippen LogP contribution in [0, 0.1) is 5.41 Å². The van der Waals surface area contributed by atoms with Gasteiger partial charge in [0.25, 0.3) is 0 Å². The van der Waals surface area contributed by atoms with Crippen molar-refractivity contribution in [1.29, 1.82) is 5.41 Å². The van der Waals surface area contributed by atoms with Gasteiger partial charge in [-0.3, -0.25) is 5.41 Å². The lowest BCUT2D eigenvalue weighted by Gasteiger charge is -2.09. The zero-order valence-corrected chi connectivity index (χ0v) is 10.9. The molecule has 0 aromatic heterocycles. The van der Waals surface area contributed by atoms with Crippen LogP contribution >= 0.6 is 0 Å². The largest absolute Gasteiger partial charge is 0.391 e. The fourth-order valence-electron chi connectivity index (χ4n) is 1.15. The second-order valence-corrected chi connectivity index (χ2v) is 3.80. The number of allylic oxidation sites excluding steroid dienone is 7. The van der Waals surface area contributed by atoms with E-state index in [2.05, 4.69) is 11.9 Å². The molecule has 0 saturated heterocycles. The standard InChI is InChI=1S/C14H22N2/c1-7-13(9-8-10(2)3)14(15)11(4)12(5)16-6/h7-9,15-16H,2H2,1,3-6H3/b9-8-,12-11+,13-7+,15-14?. The van der Waals surface area contributed by atoms with Gasteiger partial charge in [-0.1, -0.05) is 30.4 Å². The average molecular weight is 218 g/mol. The van der Waals surface area contributed by atoms with Crippen molar-refractivity contribution in [2.75, 3.05) is 7.05 Å². The molecule has 0 spiro atoms. The molecule has 0 bridgehead atoms. The van der Waals surface area contributed by atoms with Crippen molar-refractivity contribution in [3.63, 3.8) is 0 Å². The molecular formula is C14H22N2. The Morgan fingerprint density at radius 3 is 2.12 bits per heavy atom. The van der Waals surface area contributed by atoms with E-state index in [1.165, 1.54) is 0 Å². The third-order valence-corrected chi connectivity index (χ3v) is 2.46. The van der Waals surface area contributed by atoms with E-state index in [0.29, 0.717) is 5.71 Å². The van der Waals surface area contributed by atoms with Crippen LogP contribution in [0.25, 0.3) is 0 Å². The molecule has 2 heteroatoms. The van der Waals surface area contributed by atoms with E-state index in [-0.39, 0.29) is 0 Å². The summed E-state index contributed by atoms with van der Waals surface area (Å²) in [5.41, 5.74) is 4.43. The molecule has 0 heterocycles. The van der Waals surface area contributed by atoms with Crippen molar-refractivity contribution < 1.29 is 0 Å². The number of nitrogens with one attached hydrogen (secondary N) is 2. The van der Waals surface area contributed by atoms with Crippen LogP contribution in [-0.2, 0) is 0 Å². The summed E-state index contributed by atoms with van der Waals surface area (Å²) < 4.78 is 0. The summed E-state index contributed by atoms with van der Waals surface area (Å²) in [6.07, 6.45) is 5.79. The van der Waals surface area contributed by atoms with Gasteiger partial charge in [-0.25, -0.2) is 0 Å². The Bertz CT molecular complexity index is 368. The molecule has 0 aliphatic heterocycles. The lowest BCUT2D eigenvalue weighted by atomic mass is 10.0. The fraction of sp³-hybridized carbons (Fsp3) is 0.357. The molecule has 0 atom stereocenters. The first-order valence-corrected chi connectivity index (χ1v) is 5.38. The Kier molecular flexibility index (Phi) is 6.16. The molecule has 0 aromatic rings. The zero-order chi connectivity index (χ0) is 12.7. The highest BCUT2D eigenvalue weighted by Gasteiger charge is 2.05. The highest BCUT2D eigenvalue weighted by atomic mass is 14.8. The summed E-state index contributed by atoms with van der Waals surface area (Å²) in [4.78, 5) is 0. The van der Waals surface area contributed by atoms with Crippen LogP contribution in [0.4, 0.5) is 0 Å². The van der Waals surface area contributed by atoms with Crippen molar-refractivity contribution >= 4 is 5.71 Å². The molecule has 2 N–H and O–H groups in total. The van der Waals surface area contributed by atoms with Crippen molar-refractivity contribution in [1.82, 2.24) is 5.32 Å². The van der Waals surface area contributed by atoms with Gasteiger partial charge in [0.05, 0.1) is 5.71 Å². The Morgan fingerprint density at radius 1 is 1.19 bits per heavy atom. The first-order valence-electron chi connectivity index (χ1n) is 5.38. The summed E-state index contributed by atoms with van der Waals surface area (Å²) in [6.45, 7) is 11.6. The molecule has 0 unspecified atom stereocenters. The van der Waals surface area contributed by atoms with E-state index in [1.807, 2.05) is 53.0 Å². The van der Waals surface area contributed by atoms with Gasteiger partial charge in [-0.15, -0.1) is 0 Å². The van der Waals surface area contributed by atoms with E-state index in [1.54, 1.807) is 0 Å². The lowest BCUT2D eigenvalue weighted by molar-refractivity contribution is 0.973. The minimum absolute atomic E-state index is 0.548. The highest BCUT2D eigenvalue weighted by molar-refractivity contribution is 6.12. The maximum atomic E-state index is 8.08. The van der Waals surface area contributed by atoms with E-state index >= 15 is 0 Å². The molecule has 0 amide bonds. The van der Waals surface area contributed by atoms with Gasteiger partial charge < -0.3 is 5.32 Å². The molecule has 0 radical (unpaired) electrons. The monoisotopic (exact) mass is 218 g/mol. The van der Waals surface area contributed by atoms with Crippen LogP contribution < -0.4 is 5.32 Å². The van der Waals surface area contributed by atoms with Crippen LogP contribution in [0.15, 0.2) is 47.2 Å². The molecule has 0 aliphatic carbocycles. The predicted octanol–water partition coefficient (Wildman–Crippen LogP) is 3.60. The van der Waals surface area contributed by atoms with E-state index in [4.69, 9.17) is 5.41 Å². The van der Waals surface area contributed by atoms with Gasteiger partial charge in [0.2, 0.25) is 0 Å². The molecular weight excluding hydrogens is 196 g/mol. The molecule has 0 rings (SSSR count). The normalized spacial score (nSPS) is 13.7. The number of hydrogen-bond donors (Lipinski definition) is 2. The van der Waals surface area contributed by atoms with Gasteiger partial charge in [-0.05, 0) is 38.8 Å². The van der Waals surface area contributed by atoms with Crippen molar-refractivity contribution in [2.45, 2.75) is 27.7 Å². The highest BCUT2D eigenvalue weighted by Crippen LogP contribution is 2.11. The quantitative estimate of drug-likeness (QED) is 0.537. The maximum absolute atomic E-state index is 8.08. The topological polar surface area (TPSA) is 35.9 Å². The van der Waals surface area contributed by atoms with E-state index in [0.717, 1.165) is 22.4 Å². The van der Waals surface area contributed by atoms with Crippen LogP contribution in [0.2, 0.25) is 0 Å². The lowest BCUT2D eigenvalue weighted by Crippen LogP contribution is -2.11. The van der Waals surface area contributed by atoms with Gasteiger partial charge >= 0.3 is 0 Å². The molecule has 0 aromatic carbocycles. The summed E-state index contributed by atoms with van der Waals surface area (Å²) in [7, 11) is 1.87. The van der Waals surface area contributed by atoms with Crippen molar-refractivity contribution in [3.05, 3.63) is 47.2 Å². The maximum Gasteiger partial charge on any atom is 0.0655 e. The summed E-state index contributed by atoms with van der Waals surface area (Å²) in [5.74, 6) is 0. The van der Waals surface area contributed by atoms with Gasteiger partial charge in [0.1, 0.15) is 0 Å². The van der Waals surface area contributed by atoms with Gasteiger partial charge in [0.15, 0.2) is 0 Å². The van der Waals surface area contributed by atoms with E-state index < -0.39 is 0 Å². The molecule has 2 nitrogen and oxygen atoms in total. The van der Waals surface area contributed by atoms with Crippen LogP contribution in [0.1, 0.15) is 27.7 Å². The Morgan fingerprint density at radius 2 is 1.75 bits per heavy atom. The SMILES string of the molecule is C=C(C)/C=C\C(=C/C)C(=N)/C(C)=C(\C)NC. The van der Waals surface area contributed by atoms with Gasteiger partial charge in [0, 0.05) is 12.7 Å². The number of rotatable bonds is 5. The second kappa shape index (κ2) is 6.83. The Labute approximate surface area is 99.0 Å². The smallest absolute Gasteiger partial charge is 0.0655 e. The first kappa shape index (κ1) is 14.4. The zero-order valence-electron chi connectivity index (χ0n) is 10.9. The molecule has 0 saturated carbocycles. The van der Waals surface area contributed by atoms with Crippen LogP contribution in [-0.4, -0.2) is 12.8 Å². The molecule has 16 heavy (non-hydrogen) atoms. The minimum Gasteiger partial charge on any atom is -0.391 e. The Balaban J connectivity index is 5.04. The van der Waals surface area contributed by atoms with Crippen molar-refractivity contribution in [3.8, 4) is 0 Å². The first-order chi connectivity index (χ1) is 7.43. The van der Waals surface area contributed by atoms with E-state index in [9.17, 15) is 0 Å². The molecule has 88 valence electrons. The minimum atomic E-state index is 0.548. The number of hydrogen-bond acceptors (Lipinski definition) is 2.